The number of methoxy groups -OCH3 is 3. The maximum absolute atomic E-state index is 10.7. The van der Waals surface area contributed by atoms with Crippen molar-refractivity contribution in [1.82, 2.24) is 0 Å². The summed E-state index contributed by atoms with van der Waals surface area (Å²) in [6.45, 7) is 1.97. The average Bonchev–Trinajstić information content (AvgIpc) is 2.83. The largest absolute Gasteiger partial charge is 0.493 e. The highest BCUT2D eigenvalue weighted by Crippen LogP contribution is 2.44. The summed E-state index contributed by atoms with van der Waals surface area (Å²) in [5, 5.41) is 10.7. The first-order valence-electron chi connectivity index (χ1n) is 6.26. The molecule has 2 rings (SSSR count). The van der Waals surface area contributed by atoms with E-state index in [0.717, 1.165) is 14.2 Å². The lowest BCUT2D eigenvalue weighted by Gasteiger charge is -2.19. The minimum Gasteiger partial charge on any atom is -0.493 e. The Labute approximate surface area is 136 Å². The van der Waals surface area contributed by atoms with Gasteiger partial charge in [-0.1, -0.05) is 0 Å². The minimum atomic E-state index is -0.790. The summed E-state index contributed by atoms with van der Waals surface area (Å²) in [7, 11) is 4.65. The zero-order valence-corrected chi connectivity index (χ0v) is 14.7. The lowest BCUT2D eigenvalue weighted by Crippen LogP contribution is -2.05. The van der Waals surface area contributed by atoms with Crippen molar-refractivity contribution in [2.75, 3.05) is 21.3 Å². The molecule has 0 saturated carbocycles. The van der Waals surface area contributed by atoms with Gasteiger partial charge in [-0.15, -0.1) is 11.3 Å². The van der Waals surface area contributed by atoms with Crippen LogP contribution in [0.2, 0.25) is 0 Å². The summed E-state index contributed by atoms with van der Waals surface area (Å²) >= 11 is 5.03. The van der Waals surface area contributed by atoms with Crippen molar-refractivity contribution >= 4 is 27.3 Å². The number of aryl methyl sites for hydroxylation is 1. The van der Waals surface area contributed by atoms with Gasteiger partial charge in [0, 0.05) is 10.4 Å². The topological polar surface area (TPSA) is 47.9 Å². The predicted octanol–water partition coefficient (Wildman–Crippen LogP) is 3.93. The van der Waals surface area contributed by atoms with E-state index in [-0.39, 0.29) is 0 Å². The Hall–Kier alpha value is -1.24. The molecule has 0 fully saturated rings. The normalized spacial score (nSPS) is 12.1. The Morgan fingerprint density at radius 3 is 2.19 bits per heavy atom. The number of benzene rings is 1. The van der Waals surface area contributed by atoms with E-state index in [4.69, 9.17) is 14.2 Å². The van der Waals surface area contributed by atoms with E-state index in [2.05, 4.69) is 15.9 Å². The lowest BCUT2D eigenvalue weighted by molar-refractivity contribution is 0.212. The maximum Gasteiger partial charge on any atom is 0.203 e. The molecule has 0 aliphatic heterocycles. The zero-order chi connectivity index (χ0) is 15.6. The van der Waals surface area contributed by atoms with E-state index in [1.165, 1.54) is 0 Å². The smallest absolute Gasteiger partial charge is 0.203 e. The number of hydrogen-bond donors (Lipinski definition) is 1. The van der Waals surface area contributed by atoms with Gasteiger partial charge in [-0.25, -0.2) is 0 Å². The standard InChI is InChI=1S/C15H17BrO4S/c1-8-10(7-12(16)21-8)13(17)9-5-6-11(18-2)15(20-4)14(9)19-3/h5-7,13,17H,1-4H3. The summed E-state index contributed by atoms with van der Waals surface area (Å²) in [5.74, 6) is 1.52. The van der Waals surface area contributed by atoms with Crippen molar-refractivity contribution < 1.29 is 19.3 Å². The minimum absolute atomic E-state index is 0.475. The molecule has 0 spiro atoms. The third kappa shape index (κ3) is 3.02. The van der Waals surface area contributed by atoms with E-state index in [1.807, 2.05) is 13.0 Å². The SMILES string of the molecule is COc1ccc(C(O)c2cc(Br)sc2C)c(OC)c1OC. The summed E-state index contributed by atoms with van der Waals surface area (Å²) < 4.78 is 17.0. The molecule has 4 nitrogen and oxygen atoms in total. The number of hydrogen-bond acceptors (Lipinski definition) is 5. The summed E-state index contributed by atoms with van der Waals surface area (Å²) in [6, 6.07) is 5.47. The maximum atomic E-state index is 10.7. The Kier molecular flexibility index (Phi) is 5.13. The van der Waals surface area contributed by atoms with Crippen LogP contribution < -0.4 is 14.2 Å². The molecule has 0 bridgehead atoms. The second-order valence-corrected chi connectivity index (χ2v) is 7.02. The molecule has 1 atom stereocenters. The van der Waals surface area contributed by atoms with Crippen LogP contribution in [0.25, 0.3) is 0 Å². The number of thiophene rings is 1. The van der Waals surface area contributed by atoms with Crippen LogP contribution in [0, 0.1) is 6.92 Å². The van der Waals surface area contributed by atoms with Crippen molar-refractivity contribution in [3.8, 4) is 17.2 Å². The molecule has 1 N–H and O–H groups in total. The molecule has 0 aliphatic carbocycles. The van der Waals surface area contributed by atoms with Gasteiger partial charge in [0.25, 0.3) is 0 Å². The summed E-state index contributed by atoms with van der Waals surface area (Å²) in [5.41, 5.74) is 1.49. The van der Waals surface area contributed by atoms with E-state index in [9.17, 15) is 5.11 Å². The van der Waals surface area contributed by atoms with Crippen LogP contribution >= 0.6 is 27.3 Å². The molecule has 0 radical (unpaired) electrons. The predicted molar refractivity (Wildman–Crippen MR) is 86.9 cm³/mol. The average molecular weight is 373 g/mol. The van der Waals surface area contributed by atoms with E-state index >= 15 is 0 Å². The fourth-order valence-electron chi connectivity index (χ4n) is 2.24. The quantitative estimate of drug-likeness (QED) is 0.863. The van der Waals surface area contributed by atoms with Crippen LogP contribution in [-0.2, 0) is 0 Å². The van der Waals surface area contributed by atoms with Gasteiger partial charge >= 0.3 is 0 Å². The molecule has 1 aromatic heterocycles. The van der Waals surface area contributed by atoms with Crippen molar-refractivity contribution in [2.45, 2.75) is 13.0 Å². The van der Waals surface area contributed by atoms with E-state index in [1.54, 1.807) is 44.8 Å². The number of aliphatic hydroxyl groups is 1. The van der Waals surface area contributed by atoms with Crippen molar-refractivity contribution in [3.63, 3.8) is 0 Å². The molecule has 21 heavy (non-hydrogen) atoms. The van der Waals surface area contributed by atoms with Gasteiger partial charge in [-0.2, -0.15) is 0 Å². The van der Waals surface area contributed by atoms with E-state index < -0.39 is 6.10 Å². The van der Waals surface area contributed by atoms with Crippen molar-refractivity contribution in [1.29, 1.82) is 0 Å². The molecule has 1 aromatic carbocycles. The van der Waals surface area contributed by atoms with Crippen LogP contribution in [0.15, 0.2) is 22.0 Å². The number of halogens is 1. The monoisotopic (exact) mass is 372 g/mol. The van der Waals surface area contributed by atoms with Crippen LogP contribution in [0.5, 0.6) is 17.2 Å². The van der Waals surface area contributed by atoms with Crippen molar-refractivity contribution in [3.05, 3.63) is 38.0 Å². The highest BCUT2D eigenvalue weighted by Gasteiger charge is 2.24. The fourth-order valence-corrected chi connectivity index (χ4v) is 3.98. The van der Waals surface area contributed by atoms with Gasteiger partial charge in [0.2, 0.25) is 5.75 Å². The Bertz CT molecular complexity index is 639. The lowest BCUT2D eigenvalue weighted by atomic mass is 10.0. The third-order valence-electron chi connectivity index (χ3n) is 3.25. The molecule has 0 saturated heterocycles. The van der Waals surface area contributed by atoms with Crippen LogP contribution in [0.3, 0.4) is 0 Å². The van der Waals surface area contributed by atoms with Gasteiger partial charge in [-0.3, -0.25) is 0 Å². The highest BCUT2D eigenvalue weighted by atomic mass is 79.9. The molecule has 114 valence electrons. The second-order valence-electron chi connectivity index (χ2n) is 4.39. The Morgan fingerprint density at radius 1 is 1.05 bits per heavy atom. The van der Waals surface area contributed by atoms with Gasteiger partial charge < -0.3 is 19.3 Å². The molecule has 0 aliphatic rings. The molecule has 0 amide bonds. The molecule has 1 unspecified atom stereocenters. The Balaban J connectivity index is 2.55. The summed E-state index contributed by atoms with van der Waals surface area (Å²) in [4.78, 5) is 1.05. The van der Waals surface area contributed by atoms with Crippen LogP contribution in [0.1, 0.15) is 22.1 Å². The number of ether oxygens (including phenoxy) is 3. The molecular weight excluding hydrogens is 356 g/mol. The van der Waals surface area contributed by atoms with Crippen LogP contribution in [0.4, 0.5) is 0 Å². The van der Waals surface area contributed by atoms with Gasteiger partial charge in [0.15, 0.2) is 11.5 Å². The first-order valence-corrected chi connectivity index (χ1v) is 7.87. The molecule has 6 heteroatoms. The van der Waals surface area contributed by atoms with E-state index in [0.29, 0.717) is 22.8 Å². The second kappa shape index (κ2) is 6.68. The molecule has 2 aromatic rings. The van der Waals surface area contributed by atoms with Crippen molar-refractivity contribution in [2.24, 2.45) is 0 Å². The van der Waals surface area contributed by atoms with Gasteiger partial charge in [0.05, 0.1) is 25.1 Å². The number of rotatable bonds is 5. The van der Waals surface area contributed by atoms with Gasteiger partial charge in [-0.05, 0) is 46.6 Å². The Morgan fingerprint density at radius 2 is 1.71 bits per heavy atom. The zero-order valence-electron chi connectivity index (χ0n) is 12.3. The summed E-state index contributed by atoms with van der Waals surface area (Å²) in [6.07, 6.45) is -0.790. The fraction of sp³-hybridized carbons (Fsp3) is 0.333. The third-order valence-corrected chi connectivity index (χ3v) is 4.82. The first-order chi connectivity index (χ1) is 10.0. The molecular formula is C15H17BrO4S. The highest BCUT2D eigenvalue weighted by molar-refractivity contribution is 9.11. The van der Waals surface area contributed by atoms with Crippen LogP contribution in [-0.4, -0.2) is 26.4 Å². The first kappa shape index (κ1) is 16.1. The van der Waals surface area contributed by atoms with Gasteiger partial charge in [0.1, 0.15) is 6.10 Å². The molecule has 1 heterocycles. The number of aliphatic hydroxyl groups excluding tert-OH is 1.